The van der Waals surface area contributed by atoms with E-state index in [1.165, 1.54) is 13.0 Å². The fourth-order valence-electron chi connectivity index (χ4n) is 7.48. The fourth-order valence-corrected chi connectivity index (χ4v) is 7.48. The van der Waals surface area contributed by atoms with Crippen LogP contribution in [0.5, 0.6) is 0 Å². The van der Waals surface area contributed by atoms with Crippen molar-refractivity contribution in [3.05, 3.63) is 23.3 Å². The van der Waals surface area contributed by atoms with Crippen molar-refractivity contribution in [3.8, 4) is 0 Å². The van der Waals surface area contributed by atoms with Gasteiger partial charge in [-0.1, -0.05) is 38.8 Å². The van der Waals surface area contributed by atoms with Crippen LogP contribution in [0.25, 0.3) is 0 Å². The van der Waals surface area contributed by atoms with Crippen molar-refractivity contribution in [2.75, 3.05) is 0 Å². The molecule has 0 saturated heterocycles. The van der Waals surface area contributed by atoms with E-state index in [-0.39, 0.29) is 47.6 Å². The van der Waals surface area contributed by atoms with E-state index in [4.69, 9.17) is 4.74 Å². The number of allylic oxidation sites excluding steroid dienone is 3. The van der Waals surface area contributed by atoms with Gasteiger partial charge < -0.3 is 14.9 Å². The number of ketones is 2. The predicted molar refractivity (Wildman–Crippen MR) is 128 cm³/mol. The molecule has 6 nitrogen and oxygen atoms in total. The van der Waals surface area contributed by atoms with Crippen LogP contribution in [0.15, 0.2) is 23.3 Å². The lowest BCUT2D eigenvalue weighted by Gasteiger charge is -2.56. The SMILES string of the molecule is CC(=O)C1CC(OC(=O)/C=C(\C)C(C)C)C2(O)CC3CC4=CC(=O)CCC4(C)CC3C2(O)C1C. The van der Waals surface area contributed by atoms with Crippen molar-refractivity contribution < 1.29 is 29.3 Å². The molecule has 0 heterocycles. The maximum atomic E-state index is 12.8. The number of fused-ring (bicyclic) bond motifs is 4. The molecule has 8 atom stereocenters. The van der Waals surface area contributed by atoms with Gasteiger partial charge in [-0.3, -0.25) is 9.59 Å². The Hall–Kier alpha value is -1.79. The van der Waals surface area contributed by atoms with Crippen LogP contribution in [0.2, 0.25) is 0 Å². The van der Waals surface area contributed by atoms with Crippen LogP contribution in [0.1, 0.15) is 80.1 Å². The van der Waals surface area contributed by atoms with E-state index < -0.39 is 35.1 Å². The van der Waals surface area contributed by atoms with Crippen LogP contribution in [-0.4, -0.2) is 45.1 Å². The summed E-state index contributed by atoms with van der Waals surface area (Å²) in [5.41, 5.74) is -1.42. The molecule has 0 spiro atoms. The quantitative estimate of drug-likeness (QED) is 0.475. The average Bonchev–Trinajstić information content (AvgIpc) is 2.96. The topological polar surface area (TPSA) is 101 Å². The minimum absolute atomic E-state index is 0.0393. The first kappa shape index (κ1) is 25.3. The maximum Gasteiger partial charge on any atom is 0.331 e. The highest BCUT2D eigenvalue weighted by Gasteiger charge is 2.73. The van der Waals surface area contributed by atoms with E-state index in [1.54, 1.807) is 6.08 Å². The molecule has 0 amide bonds. The van der Waals surface area contributed by atoms with Gasteiger partial charge in [0.25, 0.3) is 0 Å². The summed E-state index contributed by atoms with van der Waals surface area (Å²) in [7, 11) is 0. The Labute approximate surface area is 202 Å². The number of aliphatic hydroxyl groups is 2. The zero-order valence-corrected chi connectivity index (χ0v) is 21.4. The molecule has 4 aliphatic carbocycles. The highest BCUT2D eigenvalue weighted by molar-refractivity contribution is 5.91. The summed E-state index contributed by atoms with van der Waals surface area (Å²) in [6.07, 6.45) is 5.26. The van der Waals surface area contributed by atoms with Crippen LogP contribution in [0.4, 0.5) is 0 Å². The lowest BCUT2D eigenvalue weighted by atomic mass is 9.53. The van der Waals surface area contributed by atoms with Crippen LogP contribution in [0, 0.1) is 35.0 Å². The van der Waals surface area contributed by atoms with Gasteiger partial charge >= 0.3 is 5.97 Å². The number of Topliss-reactive ketones (excluding diaryl/α,β-unsaturated/α-hetero) is 1. The molecule has 0 aliphatic heterocycles. The third-order valence-electron chi connectivity index (χ3n) is 9.92. The first-order valence-corrected chi connectivity index (χ1v) is 12.8. The Kier molecular flexibility index (Phi) is 6.26. The van der Waals surface area contributed by atoms with Crippen molar-refractivity contribution in [2.24, 2.45) is 35.0 Å². The van der Waals surface area contributed by atoms with Gasteiger partial charge in [-0.25, -0.2) is 4.79 Å². The first-order valence-electron chi connectivity index (χ1n) is 12.8. The summed E-state index contributed by atoms with van der Waals surface area (Å²) in [5, 5.41) is 24.5. The second kappa shape index (κ2) is 8.41. The lowest BCUT2D eigenvalue weighted by molar-refractivity contribution is -0.259. The minimum Gasteiger partial charge on any atom is -0.456 e. The summed E-state index contributed by atoms with van der Waals surface area (Å²) < 4.78 is 5.84. The highest BCUT2D eigenvalue weighted by atomic mass is 16.6. The number of rotatable bonds is 4. The van der Waals surface area contributed by atoms with Crippen molar-refractivity contribution >= 4 is 17.5 Å². The normalized spacial score (nSPS) is 44.1. The average molecular weight is 473 g/mol. The molecule has 3 saturated carbocycles. The molecule has 188 valence electrons. The smallest absolute Gasteiger partial charge is 0.331 e. The molecule has 2 N–H and O–H groups in total. The van der Waals surface area contributed by atoms with Crippen molar-refractivity contribution in [2.45, 2.75) is 97.4 Å². The number of hydrogen-bond donors (Lipinski definition) is 2. The third-order valence-corrected chi connectivity index (χ3v) is 9.92. The number of carbonyl (C=O) groups excluding carboxylic acids is 3. The molecule has 0 aromatic rings. The molecule has 0 radical (unpaired) electrons. The number of carbonyl (C=O) groups is 3. The molecule has 0 aromatic heterocycles. The Morgan fingerprint density at radius 2 is 1.88 bits per heavy atom. The zero-order valence-electron chi connectivity index (χ0n) is 21.4. The van der Waals surface area contributed by atoms with Crippen molar-refractivity contribution in [1.82, 2.24) is 0 Å². The van der Waals surface area contributed by atoms with Gasteiger partial charge in [0.2, 0.25) is 0 Å². The Morgan fingerprint density at radius 1 is 1.21 bits per heavy atom. The number of esters is 1. The summed E-state index contributed by atoms with van der Waals surface area (Å²) in [4.78, 5) is 37.6. The minimum atomic E-state index is -1.64. The van der Waals surface area contributed by atoms with Gasteiger partial charge in [-0.15, -0.1) is 0 Å². The van der Waals surface area contributed by atoms with Gasteiger partial charge in [-0.2, -0.15) is 0 Å². The first-order chi connectivity index (χ1) is 15.7. The molecule has 3 fully saturated rings. The van der Waals surface area contributed by atoms with E-state index in [1.807, 2.05) is 27.7 Å². The van der Waals surface area contributed by atoms with Crippen LogP contribution < -0.4 is 0 Å². The van der Waals surface area contributed by atoms with Crippen LogP contribution >= 0.6 is 0 Å². The fraction of sp³-hybridized carbons (Fsp3) is 0.750. The van der Waals surface area contributed by atoms with E-state index in [9.17, 15) is 24.6 Å². The van der Waals surface area contributed by atoms with Crippen LogP contribution in [0.3, 0.4) is 0 Å². The zero-order chi connectivity index (χ0) is 25.2. The molecule has 0 aromatic carbocycles. The van der Waals surface area contributed by atoms with E-state index in [0.717, 1.165) is 17.6 Å². The molecule has 4 aliphatic rings. The molecule has 34 heavy (non-hydrogen) atoms. The molecule has 0 bridgehead atoms. The second-order valence-corrected chi connectivity index (χ2v) is 12.1. The predicted octanol–water partition coefficient (Wildman–Crippen LogP) is 3.93. The Bertz CT molecular complexity index is 962. The molecule has 8 unspecified atom stereocenters. The molecule has 6 heteroatoms. The van der Waals surface area contributed by atoms with E-state index >= 15 is 0 Å². The van der Waals surface area contributed by atoms with Crippen LogP contribution in [-0.2, 0) is 19.1 Å². The van der Waals surface area contributed by atoms with E-state index in [2.05, 4.69) is 6.92 Å². The standard InChI is InChI=1S/C28H40O6/c1-15(2)16(3)9-25(31)34-24-12-22(18(5)29)17(4)28(33)23-14-26(6)8-7-21(30)11-20(26)10-19(23)13-27(24,28)32/h9,11,15,17,19,22-24,32-33H,7-8,10,12-14H2,1-6H3/b16-9+. The van der Waals surface area contributed by atoms with Crippen molar-refractivity contribution in [1.29, 1.82) is 0 Å². The van der Waals surface area contributed by atoms with Gasteiger partial charge in [0.05, 0.1) is 0 Å². The largest absolute Gasteiger partial charge is 0.456 e. The maximum absolute atomic E-state index is 12.8. The monoisotopic (exact) mass is 472 g/mol. The molecular weight excluding hydrogens is 432 g/mol. The number of hydrogen-bond acceptors (Lipinski definition) is 6. The van der Waals surface area contributed by atoms with E-state index in [0.29, 0.717) is 19.3 Å². The Balaban J connectivity index is 1.73. The Morgan fingerprint density at radius 3 is 2.50 bits per heavy atom. The van der Waals surface area contributed by atoms with Gasteiger partial charge in [0.1, 0.15) is 23.1 Å². The number of ether oxygens (including phenoxy) is 1. The molecule has 4 rings (SSSR count). The van der Waals surface area contributed by atoms with Crippen molar-refractivity contribution in [3.63, 3.8) is 0 Å². The summed E-state index contributed by atoms with van der Waals surface area (Å²) in [5.74, 6) is -1.54. The lowest BCUT2D eigenvalue weighted by Crippen LogP contribution is -2.70. The second-order valence-electron chi connectivity index (χ2n) is 12.1. The summed E-state index contributed by atoms with van der Waals surface area (Å²) in [6, 6.07) is 0. The third kappa shape index (κ3) is 3.72. The molecular formula is C28H40O6. The van der Waals surface area contributed by atoms with Gasteiger partial charge in [0.15, 0.2) is 5.78 Å². The summed E-state index contributed by atoms with van der Waals surface area (Å²) >= 11 is 0. The summed E-state index contributed by atoms with van der Waals surface area (Å²) in [6.45, 7) is 11.4. The van der Waals surface area contributed by atoms with Gasteiger partial charge in [0, 0.05) is 18.4 Å². The highest BCUT2D eigenvalue weighted by Crippen LogP contribution is 2.66. The van der Waals surface area contributed by atoms with Gasteiger partial charge in [-0.05, 0) is 81.1 Å².